The third-order valence-electron chi connectivity index (χ3n) is 1.81. The van der Waals surface area contributed by atoms with Gasteiger partial charge in [0.25, 0.3) is 0 Å². The Balaban J connectivity index is 3.19. The molecule has 0 spiro atoms. The summed E-state index contributed by atoms with van der Waals surface area (Å²) >= 11 is 0. The van der Waals surface area contributed by atoms with Crippen molar-refractivity contribution in [2.24, 2.45) is 10.9 Å². The van der Waals surface area contributed by atoms with Crippen LogP contribution in [0.3, 0.4) is 0 Å². The quantitative estimate of drug-likeness (QED) is 0.844. The molecule has 0 aliphatic heterocycles. The van der Waals surface area contributed by atoms with Crippen LogP contribution in [0.25, 0.3) is 0 Å². The van der Waals surface area contributed by atoms with E-state index in [1.165, 1.54) is 0 Å². The van der Waals surface area contributed by atoms with Crippen LogP contribution in [-0.2, 0) is 16.6 Å². The molecule has 0 saturated heterocycles. The maximum atomic E-state index is 12.0. The van der Waals surface area contributed by atoms with E-state index in [0.717, 1.165) is 18.2 Å². The minimum atomic E-state index is -4.87. The first kappa shape index (κ1) is 13.7. The zero-order chi connectivity index (χ0) is 13.3. The molecule has 96 valence electrons. The van der Waals surface area contributed by atoms with Gasteiger partial charge in [0, 0.05) is 12.1 Å². The van der Waals surface area contributed by atoms with E-state index in [1.807, 2.05) is 0 Å². The predicted molar refractivity (Wildman–Crippen MR) is 52.4 cm³/mol. The van der Waals surface area contributed by atoms with Crippen LogP contribution in [0.5, 0.6) is 5.75 Å². The van der Waals surface area contributed by atoms with Crippen molar-refractivity contribution in [2.75, 3.05) is 0 Å². The second-order valence-electron chi connectivity index (χ2n) is 3.07. The Morgan fingerprint density at radius 1 is 1.29 bits per heavy atom. The van der Waals surface area contributed by atoms with Gasteiger partial charge >= 0.3 is 6.36 Å². The Morgan fingerprint density at radius 3 is 2.29 bits per heavy atom. The van der Waals surface area contributed by atoms with Crippen molar-refractivity contribution in [3.63, 3.8) is 0 Å². The summed E-state index contributed by atoms with van der Waals surface area (Å²) in [6.45, 7) is -0.311. The molecule has 5 nitrogen and oxygen atoms in total. The van der Waals surface area contributed by atoms with Gasteiger partial charge in [0.1, 0.15) is 5.75 Å². The number of nitrogens with two attached hydrogens (primary N) is 2. The lowest BCUT2D eigenvalue weighted by atomic mass is 10.2. The molecule has 0 bridgehead atoms. The van der Waals surface area contributed by atoms with Gasteiger partial charge in [0.2, 0.25) is 10.0 Å². The fourth-order valence-corrected chi connectivity index (χ4v) is 1.68. The maximum Gasteiger partial charge on any atom is 0.573 e. The van der Waals surface area contributed by atoms with Crippen molar-refractivity contribution in [1.82, 2.24) is 0 Å². The molecular weight excluding hydrogens is 261 g/mol. The number of hydrogen-bond donors (Lipinski definition) is 2. The van der Waals surface area contributed by atoms with Gasteiger partial charge in [-0.05, 0) is 18.2 Å². The summed E-state index contributed by atoms with van der Waals surface area (Å²) in [5.74, 6) is -0.549. The van der Waals surface area contributed by atoms with Gasteiger partial charge in [-0.2, -0.15) is 0 Å². The third kappa shape index (κ3) is 3.88. The van der Waals surface area contributed by atoms with Crippen LogP contribution in [0.2, 0.25) is 0 Å². The second-order valence-corrected chi connectivity index (χ2v) is 4.63. The summed E-state index contributed by atoms with van der Waals surface area (Å²) in [5.41, 5.74) is 5.10. The summed E-state index contributed by atoms with van der Waals surface area (Å²) < 4.78 is 61.6. The highest BCUT2D eigenvalue weighted by Gasteiger charge is 2.32. The Morgan fingerprint density at radius 2 is 1.88 bits per heavy atom. The lowest BCUT2D eigenvalue weighted by Gasteiger charge is -2.13. The van der Waals surface area contributed by atoms with Crippen molar-refractivity contribution in [1.29, 1.82) is 0 Å². The fourth-order valence-electron chi connectivity index (χ4n) is 1.12. The number of alkyl halides is 3. The van der Waals surface area contributed by atoms with Gasteiger partial charge in [0.15, 0.2) is 0 Å². The number of sulfonamides is 1. The molecule has 0 aliphatic carbocycles. The van der Waals surface area contributed by atoms with Crippen molar-refractivity contribution in [3.8, 4) is 5.75 Å². The molecule has 0 heterocycles. The lowest BCUT2D eigenvalue weighted by molar-refractivity contribution is -0.274. The van der Waals surface area contributed by atoms with Crippen molar-refractivity contribution >= 4 is 10.0 Å². The molecule has 0 atom stereocenters. The highest BCUT2D eigenvalue weighted by atomic mass is 32.2. The zero-order valence-electron chi connectivity index (χ0n) is 8.36. The Hall–Kier alpha value is -1.32. The van der Waals surface area contributed by atoms with Crippen LogP contribution in [0.1, 0.15) is 5.56 Å². The number of ether oxygens (including phenoxy) is 1. The molecule has 0 radical (unpaired) electrons. The van der Waals surface area contributed by atoms with Crippen molar-refractivity contribution in [2.45, 2.75) is 17.8 Å². The van der Waals surface area contributed by atoms with E-state index < -0.39 is 22.1 Å². The number of primary sulfonamides is 1. The van der Waals surface area contributed by atoms with E-state index in [4.69, 9.17) is 10.9 Å². The van der Waals surface area contributed by atoms with Crippen molar-refractivity contribution in [3.05, 3.63) is 23.8 Å². The highest BCUT2D eigenvalue weighted by Crippen LogP contribution is 2.27. The molecule has 4 N–H and O–H groups in total. The molecule has 0 saturated carbocycles. The number of hydrogen-bond acceptors (Lipinski definition) is 4. The molecule has 0 fully saturated rings. The van der Waals surface area contributed by atoms with Gasteiger partial charge in [-0.1, -0.05) is 0 Å². The zero-order valence-corrected chi connectivity index (χ0v) is 9.18. The van der Waals surface area contributed by atoms with Crippen molar-refractivity contribution < 1.29 is 26.3 Å². The van der Waals surface area contributed by atoms with Gasteiger partial charge in [0.05, 0.1) is 4.90 Å². The van der Waals surface area contributed by atoms with Crippen LogP contribution in [0, 0.1) is 0 Å². The van der Waals surface area contributed by atoms with E-state index >= 15 is 0 Å². The first-order valence-electron chi connectivity index (χ1n) is 4.25. The largest absolute Gasteiger partial charge is 0.573 e. The average Bonchev–Trinajstić information content (AvgIpc) is 2.14. The summed E-state index contributed by atoms with van der Waals surface area (Å²) in [7, 11) is -3.99. The van der Waals surface area contributed by atoms with Gasteiger partial charge in [-0.3, -0.25) is 0 Å². The van der Waals surface area contributed by atoms with Crippen LogP contribution in [0.4, 0.5) is 13.2 Å². The minimum Gasteiger partial charge on any atom is -0.405 e. The number of benzene rings is 1. The molecule has 0 unspecified atom stereocenters. The number of rotatable bonds is 3. The summed E-state index contributed by atoms with van der Waals surface area (Å²) in [4.78, 5) is -0.326. The fraction of sp³-hybridized carbons (Fsp3) is 0.250. The maximum absolute atomic E-state index is 12.0. The summed E-state index contributed by atoms with van der Waals surface area (Å²) in [5, 5.41) is 4.83. The average molecular weight is 270 g/mol. The van der Waals surface area contributed by atoms with E-state index in [0.29, 0.717) is 0 Å². The molecule has 0 aromatic heterocycles. The molecule has 9 heteroatoms. The molecule has 0 aliphatic rings. The standard InChI is InChI=1S/C8H9F3N2O3S/c9-8(10,11)16-7-2-1-6(17(13,14)15)3-5(7)4-12/h1-3H,4,12H2,(H2,13,14,15). The smallest absolute Gasteiger partial charge is 0.405 e. The summed E-state index contributed by atoms with van der Waals surface area (Å²) in [6, 6.07) is 2.71. The normalized spacial score (nSPS) is 12.5. The van der Waals surface area contributed by atoms with Gasteiger partial charge in [-0.15, -0.1) is 13.2 Å². The topological polar surface area (TPSA) is 95.4 Å². The second kappa shape index (κ2) is 4.51. The third-order valence-corrected chi connectivity index (χ3v) is 2.72. The molecule has 0 amide bonds. The first-order valence-corrected chi connectivity index (χ1v) is 5.79. The van der Waals surface area contributed by atoms with Crippen LogP contribution < -0.4 is 15.6 Å². The van der Waals surface area contributed by atoms with Crippen LogP contribution in [0.15, 0.2) is 23.1 Å². The van der Waals surface area contributed by atoms with E-state index in [9.17, 15) is 21.6 Å². The van der Waals surface area contributed by atoms with Crippen LogP contribution >= 0.6 is 0 Å². The van der Waals surface area contributed by atoms with Gasteiger partial charge < -0.3 is 10.5 Å². The van der Waals surface area contributed by atoms with Gasteiger partial charge in [-0.25, -0.2) is 13.6 Å². The highest BCUT2D eigenvalue weighted by molar-refractivity contribution is 7.89. The van der Waals surface area contributed by atoms with Crippen LogP contribution in [-0.4, -0.2) is 14.8 Å². The van der Waals surface area contributed by atoms with E-state index in [-0.39, 0.29) is 17.0 Å². The van der Waals surface area contributed by atoms with E-state index in [1.54, 1.807) is 0 Å². The Bertz CT molecular complexity index is 513. The first-order chi connectivity index (χ1) is 7.63. The molecule has 17 heavy (non-hydrogen) atoms. The molecule has 1 aromatic rings. The molecule has 1 rings (SSSR count). The predicted octanol–water partition coefficient (Wildman–Crippen LogP) is 0.691. The summed E-state index contributed by atoms with van der Waals surface area (Å²) in [6.07, 6.45) is -4.87. The SMILES string of the molecule is NCc1cc(S(N)(=O)=O)ccc1OC(F)(F)F. The minimum absolute atomic E-state index is 0.103. The molecular formula is C8H9F3N2O3S. The lowest BCUT2D eigenvalue weighted by Crippen LogP contribution is -2.19. The Labute approximate surface area is 95.2 Å². The number of halogens is 3. The van der Waals surface area contributed by atoms with E-state index in [2.05, 4.69) is 4.74 Å². The monoisotopic (exact) mass is 270 g/mol. The molecule has 1 aromatic carbocycles. The Kier molecular flexibility index (Phi) is 3.65.